The van der Waals surface area contributed by atoms with E-state index in [1.165, 1.54) is 6.92 Å². The third kappa shape index (κ3) is 2.99. The lowest BCUT2D eigenvalue weighted by Gasteiger charge is -2.30. The van der Waals surface area contributed by atoms with Crippen molar-refractivity contribution in [2.75, 3.05) is 6.54 Å². The van der Waals surface area contributed by atoms with Gasteiger partial charge in [-0.05, 0) is 19.9 Å². The Morgan fingerprint density at radius 1 is 1.64 bits per heavy atom. The van der Waals surface area contributed by atoms with Gasteiger partial charge in [-0.15, -0.1) is 0 Å². The van der Waals surface area contributed by atoms with Gasteiger partial charge in [-0.25, -0.2) is 0 Å². The van der Waals surface area contributed by atoms with Crippen molar-refractivity contribution in [1.29, 1.82) is 0 Å². The third-order valence-corrected chi connectivity index (χ3v) is 1.66. The molecule has 2 unspecified atom stereocenters. The number of ketones is 1. The molecule has 2 atom stereocenters. The van der Waals surface area contributed by atoms with E-state index in [1.807, 2.05) is 13.8 Å². The van der Waals surface area contributed by atoms with Crippen LogP contribution in [0.15, 0.2) is 0 Å². The van der Waals surface area contributed by atoms with E-state index in [9.17, 15) is 4.79 Å². The van der Waals surface area contributed by atoms with Crippen molar-refractivity contribution >= 4 is 5.78 Å². The second-order valence-electron chi connectivity index (χ2n) is 2.40. The molecule has 1 heterocycles. The average molecular weight is 159 g/mol. The molecule has 0 aromatic heterocycles. The first-order chi connectivity index (χ1) is 5.22. The minimum absolute atomic E-state index is 0.0301. The Kier molecular flexibility index (Phi) is 5.07. The van der Waals surface area contributed by atoms with E-state index in [2.05, 4.69) is 5.32 Å². The van der Waals surface area contributed by atoms with Crippen molar-refractivity contribution in [3.05, 3.63) is 0 Å². The Labute approximate surface area is 67.8 Å². The summed E-state index contributed by atoms with van der Waals surface area (Å²) in [5.74, 6) is -0.146. The Morgan fingerprint density at radius 3 is 2.18 bits per heavy atom. The van der Waals surface area contributed by atoms with Gasteiger partial charge in [-0.1, -0.05) is 13.8 Å². The molecule has 1 saturated heterocycles. The van der Waals surface area contributed by atoms with E-state index in [-0.39, 0.29) is 11.8 Å². The lowest BCUT2D eigenvalue weighted by atomic mass is 9.99. The van der Waals surface area contributed by atoms with Crippen LogP contribution in [-0.2, 0) is 4.79 Å². The number of aliphatic hydroxyl groups excluding tert-OH is 1. The molecule has 0 saturated carbocycles. The maximum Gasteiger partial charge on any atom is 0.159 e. The van der Waals surface area contributed by atoms with Gasteiger partial charge in [0, 0.05) is 6.04 Å². The van der Waals surface area contributed by atoms with Crippen LogP contribution < -0.4 is 5.32 Å². The average Bonchev–Trinajstić information content (AvgIpc) is 1.88. The highest BCUT2D eigenvalue weighted by atomic mass is 16.3. The van der Waals surface area contributed by atoms with E-state index in [1.54, 1.807) is 0 Å². The zero-order valence-electron chi connectivity index (χ0n) is 7.42. The highest BCUT2D eigenvalue weighted by molar-refractivity contribution is 5.81. The fourth-order valence-electron chi connectivity index (χ4n) is 0.864. The number of aliphatic hydroxyl groups is 1. The molecule has 1 aliphatic rings. The van der Waals surface area contributed by atoms with Crippen LogP contribution in [0.5, 0.6) is 0 Å². The highest BCUT2D eigenvalue weighted by Gasteiger charge is 2.27. The van der Waals surface area contributed by atoms with Crippen molar-refractivity contribution < 1.29 is 9.90 Å². The summed E-state index contributed by atoms with van der Waals surface area (Å²) in [6.45, 7) is 6.33. The number of nitrogens with one attached hydrogen (secondary N) is 1. The van der Waals surface area contributed by atoms with Crippen molar-refractivity contribution in [2.24, 2.45) is 0 Å². The van der Waals surface area contributed by atoms with E-state index < -0.39 is 6.10 Å². The molecule has 0 amide bonds. The van der Waals surface area contributed by atoms with Gasteiger partial charge in [0.15, 0.2) is 5.78 Å². The minimum Gasteiger partial charge on any atom is -0.384 e. The first kappa shape index (κ1) is 10.6. The largest absolute Gasteiger partial charge is 0.384 e. The molecule has 11 heavy (non-hydrogen) atoms. The van der Waals surface area contributed by atoms with Crippen LogP contribution in [0.1, 0.15) is 27.2 Å². The van der Waals surface area contributed by atoms with E-state index in [0.717, 1.165) is 13.0 Å². The molecule has 3 heteroatoms. The summed E-state index contributed by atoms with van der Waals surface area (Å²) >= 11 is 0. The van der Waals surface area contributed by atoms with Gasteiger partial charge >= 0.3 is 0 Å². The Balaban J connectivity index is 0.000000461. The van der Waals surface area contributed by atoms with Crippen LogP contribution in [0.2, 0.25) is 0 Å². The van der Waals surface area contributed by atoms with Crippen LogP contribution in [0.25, 0.3) is 0 Å². The second kappa shape index (κ2) is 5.27. The quantitative estimate of drug-likeness (QED) is 0.610. The van der Waals surface area contributed by atoms with Crippen LogP contribution in [0.4, 0.5) is 0 Å². The van der Waals surface area contributed by atoms with Crippen LogP contribution in [0, 0.1) is 0 Å². The van der Waals surface area contributed by atoms with Crippen molar-refractivity contribution in [2.45, 2.75) is 39.3 Å². The standard InChI is InChI=1S/C6H11NO2.C2H6/c1-4(8)6(9)5-2-3-7-5;1-2/h5-7,9H,2-3H2,1H3;1-2H3. The Morgan fingerprint density at radius 2 is 2.09 bits per heavy atom. The molecular weight excluding hydrogens is 142 g/mol. The second-order valence-corrected chi connectivity index (χ2v) is 2.40. The van der Waals surface area contributed by atoms with Gasteiger partial charge in [0.05, 0.1) is 0 Å². The van der Waals surface area contributed by atoms with Gasteiger partial charge in [0.2, 0.25) is 0 Å². The van der Waals surface area contributed by atoms with E-state index in [0.29, 0.717) is 0 Å². The van der Waals surface area contributed by atoms with E-state index >= 15 is 0 Å². The fraction of sp³-hybridized carbons (Fsp3) is 0.875. The number of carbonyl (C=O) groups is 1. The van der Waals surface area contributed by atoms with Gasteiger partial charge in [-0.2, -0.15) is 0 Å². The molecule has 3 nitrogen and oxygen atoms in total. The molecule has 0 aromatic rings. The molecule has 0 aromatic carbocycles. The Hall–Kier alpha value is -0.410. The smallest absolute Gasteiger partial charge is 0.159 e. The molecule has 0 aliphatic carbocycles. The summed E-state index contributed by atoms with van der Waals surface area (Å²) in [6.07, 6.45) is 0.138. The number of rotatable bonds is 2. The predicted molar refractivity (Wildman–Crippen MR) is 44.4 cm³/mol. The van der Waals surface area contributed by atoms with Crippen molar-refractivity contribution in [3.8, 4) is 0 Å². The highest BCUT2D eigenvalue weighted by Crippen LogP contribution is 2.07. The summed E-state index contributed by atoms with van der Waals surface area (Å²) in [6, 6.07) is 0.0301. The molecule has 1 rings (SSSR count). The molecule has 66 valence electrons. The Bertz CT molecular complexity index is 121. The summed E-state index contributed by atoms with van der Waals surface area (Å²) in [7, 11) is 0. The first-order valence-corrected chi connectivity index (χ1v) is 4.13. The molecule has 0 spiro atoms. The summed E-state index contributed by atoms with van der Waals surface area (Å²) in [5, 5.41) is 12.0. The lowest BCUT2D eigenvalue weighted by molar-refractivity contribution is -0.127. The maximum absolute atomic E-state index is 10.5. The number of hydrogen-bond donors (Lipinski definition) is 2. The van der Waals surface area contributed by atoms with Gasteiger partial charge < -0.3 is 10.4 Å². The van der Waals surface area contributed by atoms with Crippen molar-refractivity contribution in [1.82, 2.24) is 5.32 Å². The molecule has 1 fully saturated rings. The third-order valence-electron chi connectivity index (χ3n) is 1.66. The fourth-order valence-corrected chi connectivity index (χ4v) is 0.864. The topological polar surface area (TPSA) is 49.3 Å². The predicted octanol–water partition coefficient (Wildman–Crippen LogP) is 0.324. The summed E-state index contributed by atoms with van der Waals surface area (Å²) in [4.78, 5) is 10.5. The van der Waals surface area contributed by atoms with Gasteiger partial charge in [0.1, 0.15) is 6.10 Å². The SMILES string of the molecule is CC.CC(=O)C(O)C1CCN1. The molecule has 0 radical (unpaired) electrons. The zero-order chi connectivity index (χ0) is 8.85. The van der Waals surface area contributed by atoms with E-state index in [4.69, 9.17) is 5.11 Å². The van der Waals surface area contributed by atoms with Gasteiger partial charge in [-0.3, -0.25) is 4.79 Å². The van der Waals surface area contributed by atoms with Crippen LogP contribution in [-0.4, -0.2) is 29.6 Å². The molecule has 0 bridgehead atoms. The summed E-state index contributed by atoms with van der Waals surface area (Å²) < 4.78 is 0. The monoisotopic (exact) mass is 159 g/mol. The zero-order valence-corrected chi connectivity index (χ0v) is 7.42. The number of carbonyl (C=O) groups excluding carboxylic acids is 1. The molecule has 2 N–H and O–H groups in total. The normalized spacial score (nSPS) is 24.2. The van der Waals surface area contributed by atoms with Crippen LogP contribution in [0.3, 0.4) is 0 Å². The van der Waals surface area contributed by atoms with Gasteiger partial charge in [0.25, 0.3) is 0 Å². The summed E-state index contributed by atoms with van der Waals surface area (Å²) in [5.41, 5.74) is 0. The van der Waals surface area contributed by atoms with Crippen LogP contribution >= 0.6 is 0 Å². The number of hydrogen-bond acceptors (Lipinski definition) is 3. The number of Topliss-reactive ketones (excluding diaryl/α,β-unsaturated/α-hetero) is 1. The lowest BCUT2D eigenvalue weighted by Crippen LogP contribution is -2.53. The molecular formula is C8H17NO2. The maximum atomic E-state index is 10.5. The minimum atomic E-state index is -0.779. The first-order valence-electron chi connectivity index (χ1n) is 4.13. The molecule has 1 aliphatic heterocycles. The van der Waals surface area contributed by atoms with Crippen molar-refractivity contribution in [3.63, 3.8) is 0 Å².